The molecule has 0 atom stereocenters. The summed E-state index contributed by atoms with van der Waals surface area (Å²) in [6.07, 6.45) is 3.51. The summed E-state index contributed by atoms with van der Waals surface area (Å²) in [5, 5.41) is 4.05. The number of hydrogen-bond acceptors (Lipinski definition) is 6. The Kier molecular flexibility index (Phi) is 4.94. The summed E-state index contributed by atoms with van der Waals surface area (Å²) >= 11 is 0. The average Bonchev–Trinajstić information content (AvgIpc) is 2.80. The maximum absolute atomic E-state index is 14.4. The molecule has 2 aromatic carbocycles. The molecule has 150 valence electrons. The molecule has 7 heteroatoms. The summed E-state index contributed by atoms with van der Waals surface area (Å²) in [5.41, 5.74) is 2.73. The van der Waals surface area contributed by atoms with Gasteiger partial charge in [0.05, 0.1) is 30.6 Å². The number of nitrogens with zero attached hydrogens (tertiary/aromatic N) is 4. The molecule has 0 bridgehead atoms. The fourth-order valence-corrected chi connectivity index (χ4v) is 3.58. The van der Waals surface area contributed by atoms with E-state index < -0.39 is 0 Å². The number of halogens is 1. The topological polar surface area (TPSA) is 63.2 Å². The van der Waals surface area contributed by atoms with Gasteiger partial charge in [0, 0.05) is 35.8 Å². The highest BCUT2D eigenvalue weighted by atomic mass is 19.1. The Bertz CT molecular complexity index is 1180. The standard InChI is InChI=1S/C23H20FN5O/c24-20-7-2-1-5-18(20)19-6-3-4-16-14-26-23(28-22(16)19)27-17-8-9-21(25-15-17)29-10-12-30-13-11-29/h1-9,14-15H,10-13H2,(H,26,27,28). The Balaban J connectivity index is 1.44. The van der Waals surface area contributed by atoms with Crippen LogP contribution in [0.1, 0.15) is 0 Å². The number of fused-ring (bicyclic) bond motifs is 1. The van der Waals surface area contributed by atoms with E-state index in [2.05, 4.69) is 25.2 Å². The minimum atomic E-state index is -0.277. The van der Waals surface area contributed by atoms with Gasteiger partial charge in [-0.2, -0.15) is 0 Å². The van der Waals surface area contributed by atoms with Gasteiger partial charge in [-0.25, -0.2) is 19.3 Å². The van der Waals surface area contributed by atoms with Crippen molar-refractivity contribution >= 4 is 28.4 Å². The van der Waals surface area contributed by atoms with Gasteiger partial charge >= 0.3 is 0 Å². The predicted octanol–water partition coefficient (Wildman–Crippen LogP) is 4.41. The molecule has 30 heavy (non-hydrogen) atoms. The van der Waals surface area contributed by atoms with Crippen molar-refractivity contribution in [1.29, 1.82) is 0 Å². The number of hydrogen-bond donors (Lipinski definition) is 1. The lowest BCUT2D eigenvalue weighted by Crippen LogP contribution is -2.36. The van der Waals surface area contributed by atoms with Crippen molar-refractivity contribution in [2.75, 3.05) is 36.5 Å². The molecule has 0 saturated carbocycles. The van der Waals surface area contributed by atoms with Crippen LogP contribution in [0.15, 0.2) is 67.0 Å². The molecule has 0 spiro atoms. The number of aromatic nitrogens is 3. The zero-order valence-electron chi connectivity index (χ0n) is 16.3. The maximum Gasteiger partial charge on any atom is 0.227 e. The molecule has 0 aliphatic carbocycles. The molecule has 1 saturated heterocycles. The molecule has 6 nitrogen and oxygen atoms in total. The maximum atomic E-state index is 14.4. The molecular weight excluding hydrogens is 381 g/mol. The molecule has 1 fully saturated rings. The SMILES string of the molecule is Fc1ccccc1-c1cccc2cnc(Nc3ccc(N4CCOCC4)nc3)nc12. The largest absolute Gasteiger partial charge is 0.378 e. The number of benzene rings is 2. The van der Waals surface area contributed by atoms with E-state index in [1.165, 1.54) is 6.07 Å². The van der Waals surface area contributed by atoms with E-state index >= 15 is 0 Å². The fraction of sp³-hybridized carbons (Fsp3) is 0.174. The van der Waals surface area contributed by atoms with Gasteiger partial charge < -0.3 is 15.0 Å². The molecule has 1 N–H and O–H groups in total. The first-order chi connectivity index (χ1) is 14.8. The monoisotopic (exact) mass is 401 g/mol. The van der Waals surface area contributed by atoms with E-state index in [-0.39, 0.29) is 5.82 Å². The Morgan fingerprint density at radius 1 is 0.867 bits per heavy atom. The van der Waals surface area contributed by atoms with Crippen LogP contribution in [0, 0.1) is 5.82 Å². The highest BCUT2D eigenvalue weighted by molar-refractivity contribution is 5.94. The second-order valence-corrected chi connectivity index (χ2v) is 7.05. The lowest BCUT2D eigenvalue weighted by Gasteiger charge is -2.27. The minimum absolute atomic E-state index is 0.277. The van der Waals surface area contributed by atoms with Crippen LogP contribution in [0.2, 0.25) is 0 Å². The highest BCUT2D eigenvalue weighted by Crippen LogP contribution is 2.30. The van der Waals surface area contributed by atoms with Crippen molar-refractivity contribution in [2.45, 2.75) is 0 Å². The lowest BCUT2D eigenvalue weighted by atomic mass is 10.0. The van der Waals surface area contributed by atoms with Crippen molar-refractivity contribution in [2.24, 2.45) is 0 Å². The Labute approximate surface area is 173 Å². The first kappa shape index (κ1) is 18.4. The normalized spacial score (nSPS) is 14.1. The number of nitrogens with one attached hydrogen (secondary N) is 1. The van der Waals surface area contributed by atoms with Crippen LogP contribution in [0.3, 0.4) is 0 Å². The fourth-order valence-electron chi connectivity index (χ4n) is 3.58. The summed E-state index contributed by atoms with van der Waals surface area (Å²) < 4.78 is 19.7. The van der Waals surface area contributed by atoms with E-state index in [9.17, 15) is 4.39 Å². The smallest absolute Gasteiger partial charge is 0.227 e. The third kappa shape index (κ3) is 3.67. The first-order valence-corrected chi connectivity index (χ1v) is 9.84. The van der Waals surface area contributed by atoms with Crippen molar-refractivity contribution in [3.05, 3.63) is 72.8 Å². The van der Waals surface area contributed by atoms with Gasteiger partial charge in [-0.3, -0.25) is 0 Å². The quantitative estimate of drug-likeness (QED) is 0.547. The second-order valence-electron chi connectivity index (χ2n) is 7.05. The summed E-state index contributed by atoms with van der Waals surface area (Å²) in [5.74, 6) is 1.08. The molecule has 3 heterocycles. The number of morpholine rings is 1. The zero-order chi connectivity index (χ0) is 20.3. The van der Waals surface area contributed by atoms with Crippen LogP contribution in [0.25, 0.3) is 22.0 Å². The van der Waals surface area contributed by atoms with Gasteiger partial charge in [-0.15, -0.1) is 0 Å². The Morgan fingerprint density at radius 2 is 1.70 bits per heavy atom. The van der Waals surface area contributed by atoms with E-state index in [0.29, 0.717) is 17.0 Å². The summed E-state index contributed by atoms with van der Waals surface area (Å²) in [6.45, 7) is 3.12. The zero-order valence-corrected chi connectivity index (χ0v) is 16.3. The number of para-hydroxylation sites is 1. The van der Waals surface area contributed by atoms with Gasteiger partial charge in [-0.1, -0.05) is 36.4 Å². The molecule has 2 aromatic heterocycles. The van der Waals surface area contributed by atoms with Crippen molar-refractivity contribution in [3.8, 4) is 11.1 Å². The molecule has 1 aliphatic rings. The highest BCUT2D eigenvalue weighted by Gasteiger charge is 2.13. The molecule has 0 amide bonds. The average molecular weight is 401 g/mol. The third-order valence-electron chi connectivity index (χ3n) is 5.11. The van der Waals surface area contributed by atoms with Gasteiger partial charge in [0.25, 0.3) is 0 Å². The van der Waals surface area contributed by atoms with Gasteiger partial charge in [0.15, 0.2) is 0 Å². The van der Waals surface area contributed by atoms with Crippen LogP contribution < -0.4 is 10.2 Å². The minimum Gasteiger partial charge on any atom is -0.378 e. The number of pyridine rings is 1. The third-order valence-corrected chi connectivity index (χ3v) is 5.11. The Hall–Kier alpha value is -3.58. The van der Waals surface area contributed by atoms with Crippen LogP contribution in [-0.2, 0) is 4.74 Å². The molecule has 0 unspecified atom stereocenters. The van der Waals surface area contributed by atoms with Crippen molar-refractivity contribution in [1.82, 2.24) is 15.0 Å². The molecule has 1 aliphatic heterocycles. The molecule has 5 rings (SSSR count). The second kappa shape index (κ2) is 8.04. The van der Waals surface area contributed by atoms with Gasteiger partial charge in [0.1, 0.15) is 11.6 Å². The van der Waals surface area contributed by atoms with Crippen LogP contribution in [0.4, 0.5) is 21.8 Å². The predicted molar refractivity (Wildman–Crippen MR) is 115 cm³/mol. The number of rotatable bonds is 4. The van der Waals surface area contributed by atoms with E-state index in [1.807, 2.05) is 36.4 Å². The summed E-state index contributed by atoms with van der Waals surface area (Å²) in [4.78, 5) is 15.8. The van der Waals surface area contributed by atoms with Crippen LogP contribution in [0.5, 0.6) is 0 Å². The van der Waals surface area contributed by atoms with Crippen molar-refractivity contribution < 1.29 is 9.13 Å². The van der Waals surface area contributed by atoms with Crippen molar-refractivity contribution in [3.63, 3.8) is 0 Å². The molecule has 4 aromatic rings. The summed E-state index contributed by atoms with van der Waals surface area (Å²) in [7, 11) is 0. The lowest BCUT2D eigenvalue weighted by molar-refractivity contribution is 0.122. The summed E-state index contributed by atoms with van der Waals surface area (Å²) in [6, 6.07) is 16.3. The van der Waals surface area contributed by atoms with E-state index in [0.717, 1.165) is 48.8 Å². The molecule has 0 radical (unpaired) electrons. The first-order valence-electron chi connectivity index (χ1n) is 9.84. The number of ether oxygens (including phenoxy) is 1. The molecular formula is C23H20FN5O. The van der Waals surface area contributed by atoms with Gasteiger partial charge in [-0.05, 0) is 18.2 Å². The van der Waals surface area contributed by atoms with E-state index in [1.54, 1.807) is 24.5 Å². The van der Waals surface area contributed by atoms with Crippen LogP contribution in [-0.4, -0.2) is 41.3 Å². The van der Waals surface area contributed by atoms with Crippen LogP contribution >= 0.6 is 0 Å². The number of anilines is 3. The van der Waals surface area contributed by atoms with E-state index in [4.69, 9.17) is 4.74 Å². The van der Waals surface area contributed by atoms with Gasteiger partial charge in [0.2, 0.25) is 5.95 Å². The Morgan fingerprint density at radius 3 is 2.50 bits per heavy atom.